The number of nitrogens with one attached hydrogen (secondary N) is 1. The first-order valence-corrected chi connectivity index (χ1v) is 7.31. The molecular weight excluding hydrogens is 289 g/mol. The second kappa shape index (κ2) is 5.23. The Labute approximate surface area is 128 Å². The van der Waals surface area contributed by atoms with Crippen molar-refractivity contribution < 1.29 is 9.13 Å². The van der Waals surface area contributed by atoms with Crippen LogP contribution in [0.2, 0.25) is 5.02 Å². The summed E-state index contributed by atoms with van der Waals surface area (Å²) >= 11 is 5.68. The molecule has 1 aliphatic heterocycles. The Balaban J connectivity index is 1.78. The quantitative estimate of drug-likeness (QED) is 0.879. The Morgan fingerprint density at radius 3 is 2.86 bits per heavy atom. The van der Waals surface area contributed by atoms with E-state index < -0.39 is 5.82 Å². The molecule has 0 spiro atoms. The van der Waals surface area contributed by atoms with Gasteiger partial charge in [-0.05, 0) is 37.6 Å². The number of para-hydroxylation sites is 1. The largest absolute Gasteiger partial charge is 0.487 e. The second-order valence-electron chi connectivity index (χ2n) is 5.93. The monoisotopic (exact) mass is 305 g/mol. The average Bonchev–Trinajstić information content (AvgIpc) is 2.74. The third kappa shape index (κ3) is 2.98. The number of ether oxygens (including phenoxy) is 1. The molecule has 21 heavy (non-hydrogen) atoms. The third-order valence-electron chi connectivity index (χ3n) is 3.58. The summed E-state index contributed by atoms with van der Waals surface area (Å²) in [7, 11) is 0. The second-order valence-corrected chi connectivity index (χ2v) is 6.33. The summed E-state index contributed by atoms with van der Waals surface area (Å²) in [5.74, 6) is 0.529. The normalized spacial score (nSPS) is 15.4. The van der Waals surface area contributed by atoms with Crippen LogP contribution in [0, 0.1) is 5.82 Å². The molecular formula is C17H17ClFNO. The Hall–Kier alpha value is -1.74. The molecule has 2 aromatic carbocycles. The summed E-state index contributed by atoms with van der Waals surface area (Å²) in [4.78, 5) is 0. The van der Waals surface area contributed by atoms with Gasteiger partial charge in [0.1, 0.15) is 17.2 Å². The summed E-state index contributed by atoms with van der Waals surface area (Å²) in [5, 5.41) is 3.34. The topological polar surface area (TPSA) is 21.3 Å². The Kier molecular flexibility index (Phi) is 3.54. The highest BCUT2D eigenvalue weighted by molar-refractivity contribution is 6.30. The van der Waals surface area contributed by atoms with Crippen molar-refractivity contribution >= 4 is 17.3 Å². The number of hydrogen-bond donors (Lipinski definition) is 1. The van der Waals surface area contributed by atoms with E-state index in [0.29, 0.717) is 12.2 Å². The lowest BCUT2D eigenvalue weighted by Gasteiger charge is -2.18. The highest BCUT2D eigenvalue weighted by atomic mass is 35.5. The van der Waals surface area contributed by atoms with Gasteiger partial charge in [0.05, 0.1) is 5.02 Å². The molecule has 0 atom stereocenters. The fraction of sp³-hybridized carbons (Fsp3) is 0.294. The molecule has 110 valence electrons. The molecule has 1 N–H and O–H groups in total. The molecule has 2 aromatic rings. The van der Waals surface area contributed by atoms with Gasteiger partial charge < -0.3 is 10.1 Å². The Morgan fingerprint density at radius 1 is 1.29 bits per heavy atom. The summed E-state index contributed by atoms with van der Waals surface area (Å²) < 4.78 is 19.5. The summed E-state index contributed by atoms with van der Waals surface area (Å²) in [6.07, 6.45) is 0.908. The number of anilines is 1. The first-order valence-electron chi connectivity index (χ1n) is 6.93. The molecule has 1 heterocycles. The van der Waals surface area contributed by atoms with E-state index in [1.807, 2.05) is 12.1 Å². The maximum atomic E-state index is 13.4. The standard InChI is InChI=1S/C17H17ClFNO/c1-17(2)9-11-4-3-5-12(16(11)21-17)10-20-13-6-7-14(18)15(19)8-13/h3-8,20H,9-10H2,1-2H3. The molecule has 0 aromatic heterocycles. The van der Waals surface area contributed by atoms with Crippen LogP contribution in [0.3, 0.4) is 0 Å². The molecule has 0 fully saturated rings. The molecule has 0 bridgehead atoms. The Bertz CT molecular complexity index is 684. The van der Waals surface area contributed by atoms with E-state index in [1.54, 1.807) is 12.1 Å². The van der Waals surface area contributed by atoms with Crippen LogP contribution < -0.4 is 10.1 Å². The first-order chi connectivity index (χ1) is 9.94. The van der Waals surface area contributed by atoms with E-state index in [4.69, 9.17) is 16.3 Å². The summed E-state index contributed by atoms with van der Waals surface area (Å²) in [5.41, 5.74) is 2.84. The van der Waals surface area contributed by atoms with Crippen molar-refractivity contribution in [3.05, 3.63) is 58.4 Å². The summed E-state index contributed by atoms with van der Waals surface area (Å²) in [6, 6.07) is 10.9. The number of rotatable bonds is 3. The van der Waals surface area contributed by atoms with Crippen molar-refractivity contribution in [3.8, 4) is 5.75 Å². The zero-order chi connectivity index (χ0) is 15.0. The van der Waals surface area contributed by atoms with Gasteiger partial charge in [-0.15, -0.1) is 0 Å². The SMILES string of the molecule is CC1(C)Cc2cccc(CNc3ccc(Cl)c(F)c3)c2O1. The van der Waals surface area contributed by atoms with Gasteiger partial charge >= 0.3 is 0 Å². The van der Waals surface area contributed by atoms with E-state index >= 15 is 0 Å². The zero-order valence-electron chi connectivity index (χ0n) is 12.0. The molecule has 0 unspecified atom stereocenters. The van der Waals surface area contributed by atoms with Crippen LogP contribution in [0.25, 0.3) is 0 Å². The van der Waals surface area contributed by atoms with E-state index in [2.05, 4.69) is 25.2 Å². The molecule has 0 radical (unpaired) electrons. The van der Waals surface area contributed by atoms with E-state index in [1.165, 1.54) is 11.6 Å². The van der Waals surface area contributed by atoms with Crippen LogP contribution in [0.15, 0.2) is 36.4 Å². The zero-order valence-corrected chi connectivity index (χ0v) is 12.8. The molecule has 1 aliphatic rings. The van der Waals surface area contributed by atoms with E-state index in [0.717, 1.165) is 17.7 Å². The lowest BCUT2D eigenvalue weighted by Crippen LogP contribution is -2.25. The fourth-order valence-electron chi connectivity index (χ4n) is 2.62. The van der Waals surface area contributed by atoms with Gasteiger partial charge in [-0.2, -0.15) is 0 Å². The molecule has 0 amide bonds. The van der Waals surface area contributed by atoms with Crippen molar-refractivity contribution in [1.82, 2.24) is 0 Å². The van der Waals surface area contributed by atoms with Crippen molar-refractivity contribution in [1.29, 1.82) is 0 Å². The minimum atomic E-state index is -0.419. The van der Waals surface area contributed by atoms with E-state index in [9.17, 15) is 4.39 Å². The van der Waals surface area contributed by atoms with Crippen molar-refractivity contribution in [3.63, 3.8) is 0 Å². The Morgan fingerprint density at radius 2 is 2.10 bits per heavy atom. The van der Waals surface area contributed by atoms with Crippen molar-refractivity contribution in [2.45, 2.75) is 32.4 Å². The van der Waals surface area contributed by atoms with Crippen molar-refractivity contribution in [2.24, 2.45) is 0 Å². The lowest BCUT2D eigenvalue weighted by molar-refractivity contribution is 0.137. The van der Waals surface area contributed by atoms with Gasteiger partial charge in [0.25, 0.3) is 0 Å². The van der Waals surface area contributed by atoms with E-state index in [-0.39, 0.29) is 10.6 Å². The maximum absolute atomic E-state index is 13.4. The highest BCUT2D eigenvalue weighted by Crippen LogP contribution is 2.37. The summed E-state index contributed by atoms with van der Waals surface area (Å²) in [6.45, 7) is 4.75. The predicted octanol–water partition coefficient (Wildman–Crippen LogP) is 4.80. The molecule has 0 saturated carbocycles. The van der Waals surface area contributed by atoms with Gasteiger partial charge in [0.2, 0.25) is 0 Å². The fourth-order valence-corrected chi connectivity index (χ4v) is 2.74. The maximum Gasteiger partial charge on any atom is 0.143 e. The van der Waals surface area contributed by atoms with Crippen LogP contribution in [0.5, 0.6) is 5.75 Å². The van der Waals surface area contributed by atoms with Gasteiger partial charge in [-0.1, -0.05) is 29.8 Å². The molecule has 4 heteroatoms. The van der Waals surface area contributed by atoms with Gasteiger partial charge in [-0.25, -0.2) is 4.39 Å². The predicted molar refractivity (Wildman–Crippen MR) is 83.6 cm³/mol. The molecule has 2 nitrogen and oxygen atoms in total. The van der Waals surface area contributed by atoms with Crippen LogP contribution in [-0.2, 0) is 13.0 Å². The average molecular weight is 306 g/mol. The molecule has 0 saturated heterocycles. The molecule has 0 aliphatic carbocycles. The van der Waals surface area contributed by atoms with Gasteiger partial charge in [0, 0.05) is 24.2 Å². The number of benzene rings is 2. The third-order valence-corrected chi connectivity index (χ3v) is 3.88. The van der Waals surface area contributed by atoms with Crippen LogP contribution in [0.4, 0.5) is 10.1 Å². The first kappa shape index (κ1) is 14.2. The van der Waals surface area contributed by atoms with Crippen LogP contribution in [-0.4, -0.2) is 5.60 Å². The smallest absolute Gasteiger partial charge is 0.143 e. The van der Waals surface area contributed by atoms with Gasteiger partial charge in [0.15, 0.2) is 0 Å². The number of hydrogen-bond acceptors (Lipinski definition) is 2. The minimum absolute atomic E-state index is 0.131. The highest BCUT2D eigenvalue weighted by Gasteiger charge is 2.31. The van der Waals surface area contributed by atoms with Gasteiger partial charge in [-0.3, -0.25) is 0 Å². The van der Waals surface area contributed by atoms with Crippen LogP contribution >= 0.6 is 11.6 Å². The van der Waals surface area contributed by atoms with Crippen LogP contribution in [0.1, 0.15) is 25.0 Å². The number of fused-ring (bicyclic) bond motifs is 1. The van der Waals surface area contributed by atoms with Crippen molar-refractivity contribution in [2.75, 3.05) is 5.32 Å². The minimum Gasteiger partial charge on any atom is -0.487 e. The molecule has 3 rings (SSSR count). The number of halogens is 2. The lowest BCUT2D eigenvalue weighted by atomic mass is 10.0.